The molecule has 4 nitrogen and oxygen atoms in total. The van der Waals surface area contributed by atoms with Crippen molar-refractivity contribution in [1.29, 1.82) is 0 Å². The number of aromatic nitrogens is 1. The monoisotopic (exact) mass is 549 g/mol. The molecule has 1 N–H and O–H groups in total. The second kappa shape index (κ2) is 11.9. The van der Waals surface area contributed by atoms with Crippen LogP contribution < -0.4 is 0 Å². The maximum absolute atomic E-state index is 13.2. The van der Waals surface area contributed by atoms with Gasteiger partial charge in [-0.15, -0.1) is 0 Å². The summed E-state index contributed by atoms with van der Waals surface area (Å²) in [7, 11) is 0. The molecule has 0 bridgehead atoms. The molecule has 1 fully saturated rings. The molecule has 40 heavy (non-hydrogen) atoms. The standard InChI is InChI=1S/C32H31F4N3O/c33-23-31(40,32(34,35)36)29-12-10-26(11-13-29)25-8-6-24(7-9-25)22-38-18-20-39(21-19-38)30(27-4-2-1-3-5-27)28-14-16-37-17-15-28/h1-17,30,40H,18-23H2. The number of piperazine rings is 1. The molecule has 0 amide bonds. The highest BCUT2D eigenvalue weighted by Crippen LogP contribution is 2.40. The summed E-state index contributed by atoms with van der Waals surface area (Å²) in [6.07, 6.45) is -1.42. The Morgan fingerprint density at radius 3 is 1.82 bits per heavy atom. The average molecular weight is 550 g/mol. The predicted octanol–water partition coefficient (Wildman–Crippen LogP) is 6.38. The van der Waals surface area contributed by atoms with Gasteiger partial charge in [-0.1, -0.05) is 78.9 Å². The minimum absolute atomic E-state index is 0.175. The molecule has 8 heteroatoms. The van der Waals surface area contributed by atoms with Crippen LogP contribution >= 0.6 is 0 Å². The van der Waals surface area contributed by atoms with Crippen molar-refractivity contribution >= 4 is 0 Å². The summed E-state index contributed by atoms with van der Waals surface area (Å²) >= 11 is 0. The van der Waals surface area contributed by atoms with Crippen LogP contribution in [0.1, 0.15) is 28.3 Å². The molecule has 0 saturated carbocycles. The molecule has 1 saturated heterocycles. The van der Waals surface area contributed by atoms with Crippen LogP contribution in [-0.2, 0) is 12.1 Å². The summed E-state index contributed by atoms with van der Waals surface area (Å²) in [6, 6.07) is 28.0. The quantitative estimate of drug-likeness (QED) is 0.259. The Kier molecular flexibility index (Phi) is 8.30. The van der Waals surface area contributed by atoms with E-state index in [-0.39, 0.29) is 6.04 Å². The van der Waals surface area contributed by atoms with Gasteiger partial charge in [-0.3, -0.25) is 14.8 Å². The van der Waals surface area contributed by atoms with Gasteiger partial charge in [-0.05, 0) is 45.5 Å². The number of pyridine rings is 1. The van der Waals surface area contributed by atoms with E-state index in [2.05, 4.69) is 51.2 Å². The first kappa shape index (κ1) is 28.0. The number of benzene rings is 3. The molecule has 1 aromatic heterocycles. The van der Waals surface area contributed by atoms with Crippen LogP contribution in [-0.4, -0.2) is 58.9 Å². The number of halogens is 4. The van der Waals surface area contributed by atoms with Gasteiger partial charge < -0.3 is 5.11 Å². The van der Waals surface area contributed by atoms with Crippen molar-refractivity contribution < 1.29 is 22.7 Å². The van der Waals surface area contributed by atoms with Gasteiger partial charge in [0, 0.05) is 45.1 Å². The average Bonchev–Trinajstić information content (AvgIpc) is 2.99. The Balaban J connectivity index is 1.21. The normalized spacial score (nSPS) is 17.3. The van der Waals surface area contributed by atoms with Crippen LogP contribution in [0, 0.1) is 0 Å². The third-order valence-corrected chi connectivity index (χ3v) is 7.63. The van der Waals surface area contributed by atoms with Crippen molar-refractivity contribution in [2.45, 2.75) is 24.4 Å². The summed E-state index contributed by atoms with van der Waals surface area (Å²) in [5.74, 6) is 0. The van der Waals surface area contributed by atoms with Crippen molar-refractivity contribution in [1.82, 2.24) is 14.8 Å². The van der Waals surface area contributed by atoms with Crippen LogP contribution in [0.25, 0.3) is 11.1 Å². The molecule has 0 aliphatic carbocycles. The highest BCUT2D eigenvalue weighted by atomic mass is 19.4. The molecule has 3 aromatic carbocycles. The minimum atomic E-state index is -5.10. The number of aliphatic hydroxyl groups is 1. The van der Waals surface area contributed by atoms with E-state index < -0.39 is 24.0 Å². The van der Waals surface area contributed by atoms with Crippen LogP contribution in [0.5, 0.6) is 0 Å². The van der Waals surface area contributed by atoms with Crippen LogP contribution in [0.4, 0.5) is 17.6 Å². The maximum Gasteiger partial charge on any atom is 0.424 e. The zero-order valence-corrected chi connectivity index (χ0v) is 21.9. The molecule has 2 heterocycles. The van der Waals surface area contributed by atoms with Crippen LogP contribution in [0.3, 0.4) is 0 Å². The zero-order valence-electron chi connectivity index (χ0n) is 21.9. The highest BCUT2D eigenvalue weighted by molar-refractivity contribution is 5.64. The van der Waals surface area contributed by atoms with Gasteiger partial charge in [0.1, 0.15) is 6.67 Å². The molecule has 1 aliphatic heterocycles. The van der Waals surface area contributed by atoms with Gasteiger partial charge in [0.2, 0.25) is 5.60 Å². The lowest BCUT2D eigenvalue weighted by Gasteiger charge is -2.39. The zero-order chi connectivity index (χ0) is 28.2. The summed E-state index contributed by atoms with van der Waals surface area (Å²) < 4.78 is 52.6. The highest BCUT2D eigenvalue weighted by Gasteiger charge is 2.55. The minimum Gasteiger partial charge on any atom is -0.374 e. The molecule has 4 aromatic rings. The predicted molar refractivity (Wildman–Crippen MR) is 147 cm³/mol. The first-order valence-electron chi connectivity index (χ1n) is 13.2. The number of hydrogen-bond donors (Lipinski definition) is 1. The van der Waals surface area contributed by atoms with Gasteiger partial charge in [0.05, 0.1) is 6.04 Å². The number of nitrogens with zero attached hydrogens (tertiary/aromatic N) is 3. The second-order valence-electron chi connectivity index (χ2n) is 10.2. The molecule has 2 unspecified atom stereocenters. The fraction of sp³-hybridized carbons (Fsp3) is 0.281. The molecule has 0 radical (unpaired) electrons. The van der Waals surface area contributed by atoms with Crippen LogP contribution in [0.15, 0.2) is 103 Å². The fourth-order valence-electron chi connectivity index (χ4n) is 5.29. The van der Waals surface area contributed by atoms with Crippen molar-refractivity contribution in [3.8, 4) is 11.1 Å². The van der Waals surface area contributed by atoms with Gasteiger partial charge in [-0.2, -0.15) is 13.2 Å². The first-order chi connectivity index (χ1) is 19.3. The largest absolute Gasteiger partial charge is 0.424 e. The van der Waals surface area contributed by atoms with Gasteiger partial charge in [-0.25, -0.2) is 4.39 Å². The molecule has 2 atom stereocenters. The Morgan fingerprint density at radius 2 is 1.27 bits per heavy atom. The van der Waals surface area contributed by atoms with E-state index in [1.54, 1.807) is 0 Å². The Hall–Kier alpha value is -3.59. The Bertz CT molecular complexity index is 1320. The lowest BCUT2D eigenvalue weighted by Crippen LogP contribution is -2.47. The molecule has 1 aliphatic rings. The maximum atomic E-state index is 13.2. The van der Waals surface area contributed by atoms with E-state index in [0.29, 0.717) is 5.56 Å². The van der Waals surface area contributed by atoms with Gasteiger partial charge in [0.25, 0.3) is 0 Å². The van der Waals surface area contributed by atoms with Crippen molar-refractivity contribution in [2.24, 2.45) is 0 Å². The smallest absolute Gasteiger partial charge is 0.374 e. The summed E-state index contributed by atoms with van der Waals surface area (Å²) in [4.78, 5) is 9.12. The SMILES string of the molecule is OC(CF)(c1ccc(-c2ccc(CN3CCN(C(c4ccccc4)c4ccncc4)CC3)cc2)cc1)C(F)(F)F. The molecule has 0 spiro atoms. The van der Waals surface area contributed by atoms with Gasteiger partial charge in [0.15, 0.2) is 0 Å². The van der Waals surface area contributed by atoms with E-state index >= 15 is 0 Å². The fourth-order valence-corrected chi connectivity index (χ4v) is 5.29. The van der Waals surface area contributed by atoms with Crippen molar-refractivity contribution in [3.05, 3.63) is 126 Å². The Morgan fingerprint density at radius 1 is 0.725 bits per heavy atom. The van der Waals surface area contributed by atoms with E-state index in [4.69, 9.17) is 0 Å². The lowest BCUT2D eigenvalue weighted by molar-refractivity contribution is -0.271. The summed E-state index contributed by atoms with van der Waals surface area (Å²) in [5.41, 5.74) is 1.14. The first-order valence-corrected chi connectivity index (χ1v) is 13.2. The van der Waals surface area contributed by atoms with E-state index in [9.17, 15) is 22.7 Å². The third kappa shape index (κ3) is 5.94. The van der Waals surface area contributed by atoms with Crippen LogP contribution in [0.2, 0.25) is 0 Å². The topological polar surface area (TPSA) is 39.6 Å². The second-order valence-corrected chi connectivity index (χ2v) is 10.2. The summed E-state index contributed by atoms with van der Waals surface area (Å²) in [5, 5.41) is 9.83. The number of rotatable bonds is 8. The number of alkyl halides is 4. The van der Waals surface area contributed by atoms with E-state index in [1.165, 1.54) is 23.3 Å². The van der Waals surface area contributed by atoms with E-state index in [1.807, 2.05) is 42.7 Å². The molecule has 5 rings (SSSR count). The Labute approximate surface area is 231 Å². The van der Waals surface area contributed by atoms with E-state index in [0.717, 1.165) is 56.0 Å². The van der Waals surface area contributed by atoms with Crippen molar-refractivity contribution in [2.75, 3.05) is 32.9 Å². The molecular weight excluding hydrogens is 518 g/mol. The molecule has 208 valence electrons. The third-order valence-electron chi connectivity index (χ3n) is 7.63. The van der Waals surface area contributed by atoms with Gasteiger partial charge >= 0.3 is 6.18 Å². The number of hydrogen-bond acceptors (Lipinski definition) is 4. The summed E-state index contributed by atoms with van der Waals surface area (Å²) in [6.45, 7) is 2.57. The van der Waals surface area contributed by atoms with Crippen molar-refractivity contribution in [3.63, 3.8) is 0 Å². The lowest BCUT2D eigenvalue weighted by atomic mass is 9.92. The molecular formula is C32H31F4N3O.